The van der Waals surface area contributed by atoms with Crippen LogP contribution in [0.25, 0.3) is 0 Å². The number of anilines is 1. The van der Waals surface area contributed by atoms with Crippen molar-refractivity contribution >= 4 is 38.6 Å². The molecule has 114 valence electrons. The highest BCUT2D eigenvalue weighted by atomic mass is 35.5. The average molecular weight is 346 g/mol. The molecule has 0 atom stereocenters. The fraction of sp³-hybridized carbons (Fsp3) is 0.308. The molecule has 8 heteroatoms. The maximum atomic E-state index is 12.3. The largest absolute Gasteiger partial charge is 0.397 e. The predicted molar refractivity (Wildman–Crippen MR) is 86.1 cm³/mol. The zero-order valence-corrected chi connectivity index (χ0v) is 14.1. The minimum atomic E-state index is -3.65. The van der Waals surface area contributed by atoms with Crippen LogP contribution in [0.5, 0.6) is 0 Å². The first-order chi connectivity index (χ1) is 9.83. The zero-order valence-electron chi connectivity index (χ0n) is 11.7. The van der Waals surface area contributed by atoms with Crippen LogP contribution in [0, 0.1) is 6.92 Å². The summed E-state index contributed by atoms with van der Waals surface area (Å²) in [5, 5.41) is 1.08. The van der Waals surface area contributed by atoms with E-state index in [-0.39, 0.29) is 17.1 Å². The zero-order chi connectivity index (χ0) is 15.6. The molecule has 0 unspecified atom stereocenters. The topological polar surface area (TPSA) is 85.1 Å². The summed E-state index contributed by atoms with van der Waals surface area (Å²) in [5.41, 5.74) is 6.47. The van der Waals surface area contributed by atoms with Crippen molar-refractivity contribution in [2.24, 2.45) is 0 Å². The monoisotopic (exact) mass is 345 g/mol. The molecule has 1 aromatic carbocycles. The van der Waals surface area contributed by atoms with Crippen LogP contribution in [-0.4, -0.2) is 13.4 Å². The number of nitrogens with two attached hydrogens (primary N) is 1. The van der Waals surface area contributed by atoms with Crippen LogP contribution in [0.2, 0.25) is 5.02 Å². The number of aryl methyl sites for hydroxylation is 2. The predicted octanol–water partition coefficient (Wildman–Crippen LogP) is 2.73. The summed E-state index contributed by atoms with van der Waals surface area (Å²) >= 11 is 7.37. The molecule has 0 saturated carbocycles. The van der Waals surface area contributed by atoms with Crippen LogP contribution in [-0.2, 0) is 23.0 Å². The molecule has 0 aliphatic heterocycles. The van der Waals surface area contributed by atoms with Crippen LogP contribution < -0.4 is 10.5 Å². The number of hydrogen-bond acceptors (Lipinski definition) is 5. The van der Waals surface area contributed by atoms with Crippen LogP contribution in [0.3, 0.4) is 0 Å². The average Bonchev–Trinajstić information content (AvgIpc) is 2.88. The Morgan fingerprint density at radius 1 is 1.43 bits per heavy atom. The molecule has 0 aliphatic carbocycles. The Morgan fingerprint density at radius 3 is 2.76 bits per heavy atom. The molecule has 0 amide bonds. The van der Waals surface area contributed by atoms with Crippen molar-refractivity contribution in [2.45, 2.75) is 31.7 Å². The van der Waals surface area contributed by atoms with Crippen LogP contribution in [0.1, 0.15) is 22.4 Å². The smallest absolute Gasteiger partial charge is 0.241 e. The third kappa shape index (κ3) is 3.74. The van der Waals surface area contributed by atoms with Gasteiger partial charge in [0.2, 0.25) is 10.0 Å². The van der Waals surface area contributed by atoms with E-state index in [9.17, 15) is 8.42 Å². The van der Waals surface area contributed by atoms with E-state index in [0.717, 1.165) is 16.3 Å². The van der Waals surface area contributed by atoms with Crippen molar-refractivity contribution in [3.05, 3.63) is 38.8 Å². The minimum Gasteiger partial charge on any atom is -0.397 e. The Labute approximate surface area is 133 Å². The summed E-state index contributed by atoms with van der Waals surface area (Å²) in [7, 11) is -3.65. The number of nitrogens with zero attached hydrogens (tertiary/aromatic N) is 1. The van der Waals surface area contributed by atoms with Gasteiger partial charge in [-0.25, -0.2) is 18.1 Å². The van der Waals surface area contributed by atoms with Gasteiger partial charge < -0.3 is 5.73 Å². The Kier molecular flexibility index (Phi) is 4.88. The standard InChI is InChI=1S/C13H16ClN3O2S2/c1-3-9-6-16-13(20-9)7-17-21(18,19)12-5-11(15)10(14)4-8(12)2/h4-6,17H,3,7,15H2,1-2H3. The van der Waals surface area contributed by atoms with Crippen molar-refractivity contribution < 1.29 is 8.42 Å². The molecule has 5 nitrogen and oxygen atoms in total. The molecule has 0 bridgehead atoms. The Morgan fingerprint density at radius 2 is 2.14 bits per heavy atom. The third-order valence-electron chi connectivity index (χ3n) is 2.95. The molecule has 0 radical (unpaired) electrons. The quantitative estimate of drug-likeness (QED) is 0.816. The SMILES string of the molecule is CCc1cnc(CNS(=O)(=O)c2cc(N)c(Cl)cc2C)s1. The van der Waals surface area contributed by atoms with Gasteiger partial charge in [0.1, 0.15) is 5.01 Å². The molecule has 1 heterocycles. The molecule has 0 fully saturated rings. The van der Waals surface area contributed by atoms with E-state index in [0.29, 0.717) is 10.6 Å². The number of aromatic nitrogens is 1. The lowest BCUT2D eigenvalue weighted by molar-refractivity contribution is 0.580. The molecule has 21 heavy (non-hydrogen) atoms. The van der Waals surface area contributed by atoms with Crippen LogP contribution in [0.4, 0.5) is 5.69 Å². The lowest BCUT2D eigenvalue weighted by Gasteiger charge is -2.10. The Hall–Kier alpha value is -1.15. The number of nitrogen functional groups attached to an aromatic ring is 1. The van der Waals surface area contributed by atoms with Crippen LogP contribution >= 0.6 is 22.9 Å². The highest BCUT2D eigenvalue weighted by Crippen LogP contribution is 2.26. The van der Waals surface area contributed by atoms with Gasteiger partial charge in [0.25, 0.3) is 0 Å². The Balaban J connectivity index is 2.20. The first-order valence-electron chi connectivity index (χ1n) is 6.32. The molecular formula is C13H16ClN3O2S2. The lowest BCUT2D eigenvalue weighted by Crippen LogP contribution is -2.24. The first-order valence-corrected chi connectivity index (χ1v) is 9.00. The fourth-order valence-corrected chi connectivity index (χ4v) is 4.14. The van der Waals surface area contributed by atoms with Crippen molar-refractivity contribution in [1.29, 1.82) is 0 Å². The molecule has 2 aromatic rings. The van der Waals surface area contributed by atoms with Gasteiger partial charge in [-0.2, -0.15) is 0 Å². The molecular weight excluding hydrogens is 330 g/mol. The number of nitrogens with one attached hydrogen (secondary N) is 1. The second kappa shape index (κ2) is 6.31. The van der Waals surface area contributed by atoms with E-state index in [1.54, 1.807) is 19.2 Å². The van der Waals surface area contributed by atoms with E-state index in [1.807, 2.05) is 6.92 Å². The van der Waals surface area contributed by atoms with Gasteiger partial charge in [0.15, 0.2) is 0 Å². The van der Waals surface area contributed by atoms with Gasteiger partial charge in [-0.1, -0.05) is 18.5 Å². The highest BCUT2D eigenvalue weighted by molar-refractivity contribution is 7.89. The maximum Gasteiger partial charge on any atom is 0.241 e. The summed E-state index contributed by atoms with van der Waals surface area (Å²) < 4.78 is 27.2. The normalized spacial score (nSPS) is 11.8. The van der Waals surface area contributed by atoms with Crippen molar-refractivity contribution in [2.75, 3.05) is 5.73 Å². The number of rotatable bonds is 5. The van der Waals surface area contributed by atoms with Gasteiger partial charge in [-0.3, -0.25) is 0 Å². The van der Waals surface area contributed by atoms with E-state index in [4.69, 9.17) is 17.3 Å². The highest BCUT2D eigenvalue weighted by Gasteiger charge is 2.18. The molecule has 1 aromatic heterocycles. The number of thiazole rings is 1. The molecule has 0 aliphatic rings. The summed E-state index contributed by atoms with van der Waals surface area (Å²) in [6, 6.07) is 2.92. The maximum absolute atomic E-state index is 12.3. The summed E-state index contributed by atoms with van der Waals surface area (Å²) in [5.74, 6) is 0. The van der Waals surface area contributed by atoms with Crippen molar-refractivity contribution in [3.63, 3.8) is 0 Å². The number of benzene rings is 1. The van der Waals surface area contributed by atoms with E-state index < -0.39 is 10.0 Å². The molecule has 3 N–H and O–H groups in total. The van der Waals surface area contributed by atoms with Crippen LogP contribution in [0.15, 0.2) is 23.2 Å². The number of sulfonamides is 1. The summed E-state index contributed by atoms with van der Waals surface area (Å²) in [6.45, 7) is 3.87. The molecule has 0 spiro atoms. The summed E-state index contributed by atoms with van der Waals surface area (Å²) in [6.07, 6.45) is 2.65. The molecule has 2 rings (SSSR count). The van der Waals surface area contributed by atoms with Crippen molar-refractivity contribution in [3.8, 4) is 0 Å². The van der Waals surface area contributed by atoms with Gasteiger partial charge in [-0.05, 0) is 31.0 Å². The van der Waals surface area contributed by atoms with Crippen molar-refractivity contribution in [1.82, 2.24) is 9.71 Å². The third-order valence-corrected chi connectivity index (χ3v) is 5.96. The Bertz CT molecular complexity index is 757. The lowest BCUT2D eigenvalue weighted by atomic mass is 10.2. The van der Waals surface area contributed by atoms with E-state index in [1.165, 1.54) is 17.4 Å². The van der Waals surface area contributed by atoms with Gasteiger partial charge in [-0.15, -0.1) is 11.3 Å². The van der Waals surface area contributed by atoms with E-state index in [2.05, 4.69) is 9.71 Å². The van der Waals surface area contributed by atoms with E-state index >= 15 is 0 Å². The van der Waals surface area contributed by atoms with Gasteiger partial charge in [0, 0.05) is 11.1 Å². The van der Waals surface area contributed by atoms with Gasteiger partial charge >= 0.3 is 0 Å². The summed E-state index contributed by atoms with van der Waals surface area (Å²) in [4.78, 5) is 5.44. The number of halogens is 1. The second-order valence-electron chi connectivity index (χ2n) is 4.54. The van der Waals surface area contributed by atoms with Gasteiger partial charge in [0.05, 0.1) is 22.2 Å². The second-order valence-corrected chi connectivity index (χ2v) is 7.88. The first kappa shape index (κ1) is 16.2. The molecule has 0 saturated heterocycles. The number of hydrogen-bond donors (Lipinski definition) is 2. The fourth-order valence-electron chi connectivity index (χ4n) is 1.79. The minimum absolute atomic E-state index is 0.136.